The highest BCUT2D eigenvalue weighted by molar-refractivity contribution is 6.30. The van der Waals surface area contributed by atoms with Crippen molar-refractivity contribution in [3.8, 4) is 5.75 Å². The van der Waals surface area contributed by atoms with Crippen LogP contribution < -0.4 is 14.5 Å². The van der Waals surface area contributed by atoms with Crippen molar-refractivity contribution in [1.82, 2.24) is 4.90 Å². The lowest BCUT2D eigenvalue weighted by Gasteiger charge is -2.32. The Bertz CT molecular complexity index is 1100. The molecule has 1 saturated heterocycles. The number of likely N-dealkylation sites (tertiary alicyclic amines) is 1. The van der Waals surface area contributed by atoms with E-state index in [0.717, 1.165) is 43.0 Å². The van der Waals surface area contributed by atoms with E-state index >= 15 is 0 Å². The van der Waals surface area contributed by atoms with Crippen LogP contribution in [0.15, 0.2) is 72.8 Å². The first-order valence-corrected chi connectivity index (χ1v) is 13.8. The molecular weight excluding hydrogens is 466 g/mol. The molecular formula is C31H38ClN3O. The zero-order valence-corrected chi connectivity index (χ0v) is 22.2. The van der Waals surface area contributed by atoms with Crippen LogP contribution in [0.25, 0.3) is 0 Å². The molecule has 2 aliphatic rings. The maximum atomic E-state index is 6.00. The molecule has 5 rings (SSSR count). The van der Waals surface area contributed by atoms with Crippen molar-refractivity contribution >= 4 is 23.0 Å². The third kappa shape index (κ3) is 6.35. The van der Waals surface area contributed by atoms with Gasteiger partial charge in [-0.1, -0.05) is 54.1 Å². The van der Waals surface area contributed by atoms with Crippen LogP contribution in [0.1, 0.15) is 36.8 Å². The Hall–Kier alpha value is -2.69. The Morgan fingerprint density at radius 1 is 0.861 bits per heavy atom. The molecule has 0 spiro atoms. The molecule has 0 atom stereocenters. The fourth-order valence-electron chi connectivity index (χ4n) is 5.69. The summed E-state index contributed by atoms with van der Waals surface area (Å²) in [5, 5.41) is 0.736. The third-order valence-electron chi connectivity index (χ3n) is 7.65. The summed E-state index contributed by atoms with van der Waals surface area (Å²) >= 11 is 5.99. The van der Waals surface area contributed by atoms with Crippen LogP contribution in [0.5, 0.6) is 5.75 Å². The molecule has 3 aromatic rings. The number of anilines is 2. The molecule has 0 saturated carbocycles. The van der Waals surface area contributed by atoms with Crippen LogP contribution in [-0.2, 0) is 6.54 Å². The van der Waals surface area contributed by atoms with E-state index < -0.39 is 0 Å². The van der Waals surface area contributed by atoms with Gasteiger partial charge in [-0.3, -0.25) is 4.90 Å². The number of benzene rings is 3. The van der Waals surface area contributed by atoms with Crippen molar-refractivity contribution < 1.29 is 4.74 Å². The number of hydrogen-bond acceptors (Lipinski definition) is 4. The van der Waals surface area contributed by atoms with Gasteiger partial charge in [0.2, 0.25) is 0 Å². The minimum Gasteiger partial charge on any atom is -0.492 e. The van der Waals surface area contributed by atoms with Crippen LogP contribution in [0, 0.1) is 12.8 Å². The van der Waals surface area contributed by atoms with E-state index in [-0.39, 0.29) is 0 Å². The fourth-order valence-corrected chi connectivity index (χ4v) is 5.81. The van der Waals surface area contributed by atoms with Crippen molar-refractivity contribution in [2.75, 3.05) is 49.3 Å². The Morgan fingerprint density at radius 3 is 2.42 bits per heavy atom. The molecule has 5 heteroatoms. The summed E-state index contributed by atoms with van der Waals surface area (Å²) in [4.78, 5) is 7.66. The second-order valence-corrected chi connectivity index (χ2v) is 10.7. The summed E-state index contributed by atoms with van der Waals surface area (Å²) in [5.41, 5.74) is 5.51. The van der Waals surface area contributed by atoms with Gasteiger partial charge in [0.25, 0.3) is 0 Å². The molecule has 36 heavy (non-hydrogen) atoms. The Balaban J connectivity index is 1.08. The average molecular weight is 504 g/mol. The SMILES string of the molecule is Cc1cccc2c1N(CCOc1ccc(Cl)cc1)CN2CCCC1CCN(Cc2ccccc2)CC1. The van der Waals surface area contributed by atoms with Crippen molar-refractivity contribution in [3.63, 3.8) is 0 Å². The van der Waals surface area contributed by atoms with Crippen LogP contribution in [-0.4, -0.2) is 44.4 Å². The first kappa shape index (κ1) is 25.0. The predicted molar refractivity (Wildman–Crippen MR) is 151 cm³/mol. The van der Waals surface area contributed by atoms with Crippen molar-refractivity contribution in [2.24, 2.45) is 5.92 Å². The summed E-state index contributed by atoms with van der Waals surface area (Å²) in [7, 11) is 0. The molecule has 190 valence electrons. The smallest absolute Gasteiger partial charge is 0.119 e. The minimum absolute atomic E-state index is 0.658. The summed E-state index contributed by atoms with van der Waals surface area (Å²) < 4.78 is 6.00. The van der Waals surface area contributed by atoms with Gasteiger partial charge in [0, 0.05) is 18.1 Å². The van der Waals surface area contributed by atoms with Gasteiger partial charge >= 0.3 is 0 Å². The van der Waals surface area contributed by atoms with E-state index in [1.54, 1.807) is 0 Å². The molecule has 0 aliphatic carbocycles. The lowest BCUT2D eigenvalue weighted by Crippen LogP contribution is -2.35. The van der Waals surface area contributed by atoms with Crippen LogP contribution >= 0.6 is 11.6 Å². The largest absolute Gasteiger partial charge is 0.492 e. The van der Waals surface area contributed by atoms with Gasteiger partial charge in [0.15, 0.2) is 0 Å². The Labute approximate surface area is 221 Å². The summed E-state index contributed by atoms with van der Waals surface area (Å²) in [6, 6.07) is 25.2. The van der Waals surface area contributed by atoms with Gasteiger partial charge in [-0.05, 0) is 93.1 Å². The molecule has 1 fully saturated rings. The number of hydrogen-bond donors (Lipinski definition) is 0. The molecule has 0 radical (unpaired) electrons. The molecule has 2 aliphatic heterocycles. The topological polar surface area (TPSA) is 19.0 Å². The van der Waals surface area contributed by atoms with Gasteiger partial charge in [0.1, 0.15) is 12.4 Å². The lowest BCUT2D eigenvalue weighted by molar-refractivity contribution is 0.171. The van der Waals surface area contributed by atoms with E-state index in [0.29, 0.717) is 6.61 Å². The number of para-hydroxylation sites is 1. The number of fused-ring (bicyclic) bond motifs is 1. The van der Waals surface area contributed by atoms with Crippen LogP contribution in [0.4, 0.5) is 11.4 Å². The number of aryl methyl sites for hydroxylation is 1. The van der Waals surface area contributed by atoms with E-state index in [4.69, 9.17) is 16.3 Å². The number of piperidine rings is 1. The predicted octanol–water partition coefficient (Wildman–Crippen LogP) is 7.00. The monoisotopic (exact) mass is 503 g/mol. The summed E-state index contributed by atoms with van der Waals surface area (Å²) in [6.45, 7) is 9.36. The van der Waals surface area contributed by atoms with E-state index in [1.807, 2.05) is 24.3 Å². The van der Waals surface area contributed by atoms with Crippen molar-refractivity contribution in [2.45, 2.75) is 39.2 Å². The lowest BCUT2D eigenvalue weighted by atomic mass is 9.92. The summed E-state index contributed by atoms with van der Waals surface area (Å²) in [6.07, 6.45) is 5.25. The maximum absolute atomic E-state index is 6.00. The first-order chi connectivity index (χ1) is 17.7. The molecule has 0 amide bonds. The number of rotatable bonds is 10. The zero-order chi connectivity index (χ0) is 24.7. The van der Waals surface area contributed by atoms with Crippen molar-refractivity contribution in [1.29, 1.82) is 0 Å². The molecule has 0 unspecified atom stereocenters. The molecule has 0 bridgehead atoms. The average Bonchev–Trinajstić information content (AvgIpc) is 3.25. The Kier molecular flexibility index (Phi) is 8.35. The molecule has 2 heterocycles. The van der Waals surface area contributed by atoms with E-state index in [9.17, 15) is 0 Å². The van der Waals surface area contributed by atoms with Gasteiger partial charge in [-0.25, -0.2) is 0 Å². The molecule has 0 N–H and O–H groups in total. The first-order valence-electron chi connectivity index (χ1n) is 13.4. The normalized spacial score (nSPS) is 16.4. The van der Waals surface area contributed by atoms with Crippen LogP contribution in [0.2, 0.25) is 5.02 Å². The Morgan fingerprint density at radius 2 is 1.64 bits per heavy atom. The fraction of sp³-hybridized carbons (Fsp3) is 0.419. The summed E-state index contributed by atoms with van der Waals surface area (Å²) in [5.74, 6) is 1.73. The van der Waals surface area contributed by atoms with Gasteiger partial charge in [-0.2, -0.15) is 0 Å². The van der Waals surface area contributed by atoms with Crippen LogP contribution in [0.3, 0.4) is 0 Å². The second-order valence-electron chi connectivity index (χ2n) is 10.3. The van der Waals surface area contributed by atoms with E-state index in [2.05, 4.69) is 70.2 Å². The van der Waals surface area contributed by atoms with E-state index in [1.165, 1.54) is 61.3 Å². The molecule has 3 aromatic carbocycles. The van der Waals surface area contributed by atoms with Crippen molar-refractivity contribution in [3.05, 3.63) is 88.9 Å². The molecule has 4 nitrogen and oxygen atoms in total. The van der Waals surface area contributed by atoms with Gasteiger partial charge in [-0.15, -0.1) is 0 Å². The highest BCUT2D eigenvalue weighted by atomic mass is 35.5. The zero-order valence-electron chi connectivity index (χ0n) is 21.4. The highest BCUT2D eigenvalue weighted by Gasteiger charge is 2.27. The number of ether oxygens (including phenoxy) is 1. The third-order valence-corrected chi connectivity index (χ3v) is 7.91. The number of nitrogens with zero attached hydrogens (tertiary/aromatic N) is 3. The second kappa shape index (κ2) is 12.0. The standard InChI is InChI=1S/C31H38ClN3O/c1-25-7-5-11-30-31(25)35(21-22-36-29-14-12-28(32)13-15-29)24-34(30)18-6-10-26-16-19-33(20-17-26)23-27-8-3-2-4-9-27/h2-5,7-9,11-15,26H,6,10,16-24H2,1H3. The van der Waals surface area contributed by atoms with Gasteiger partial charge < -0.3 is 14.5 Å². The minimum atomic E-state index is 0.658. The molecule has 0 aromatic heterocycles. The maximum Gasteiger partial charge on any atom is 0.119 e. The number of halogens is 1. The quantitative estimate of drug-likeness (QED) is 0.296. The highest BCUT2D eigenvalue weighted by Crippen LogP contribution is 2.38. The van der Waals surface area contributed by atoms with Gasteiger partial charge in [0.05, 0.1) is 24.6 Å².